The van der Waals surface area contributed by atoms with Gasteiger partial charge < -0.3 is 20.9 Å². The van der Waals surface area contributed by atoms with Gasteiger partial charge in [-0.3, -0.25) is 4.79 Å². The first kappa shape index (κ1) is 19.3. The molecule has 0 radical (unpaired) electrons. The zero-order chi connectivity index (χ0) is 20.4. The zero-order valence-electron chi connectivity index (χ0n) is 17.2. The highest BCUT2D eigenvalue weighted by molar-refractivity contribution is 5.84. The van der Waals surface area contributed by atoms with Crippen LogP contribution in [0.4, 0.5) is 0 Å². The molecule has 6 heteroatoms. The number of hydrogen-bond acceptors (Lipinski definition) is 4. The summed E-state index contributed by atoms with van der Waals surface area (Å²) in [6, 6.07) is 10.5. The van der Waals surface area contributed by atoms with Crippen LogP contribution in [-0.4, -0.2) is 35.0 Å². The van der Waals surface area contributed by atoms with Crippen LogP contribution in [0, 0.1) is 0 Å². The number of aromatic amines is 1. The van der Waals surface area contributed by atoms with Crippen LogP contribution in [-0.2, 0) is 10.3 Å². The van der Waals surface area contributed by atoms with Gasteiger partial charge in [-0.25, -0.2) is 4.98 Å². The van der Waals surface area contributed by atoms with Gasteiger partial charge in [0.2, 0.25) is 5.91 Å². The average molecular weight is 404 g/mol. The number of carbonyl (C=O) groups is 1. The lowest BCUT2D eigenvalue weighted by atomic mass is 9.84. The topological polar surface area (TPSA) is 81.8 Å². The molecule has 1 amide bonds. The van der Waals surface area contributed by atoms with Gasteiger partial charge in [0, 0.05) is 0 Å². The van der Waals surface area contributed by atoms with Crippen molar-refractivity contribution in [3.8, 4) is 0 Å². The minimum atomic E-state index is -0.608. The van der Waals surface area contributed by atoms with Gasteiger partial charge in [0.15, 0.2) is 0 Å². The van der Waals surface area contributed by atoms with E-state index in [0.29, 0.717) is 6.42 Å². The second-order valence-electron chi connectivity index (χ2n) is 8.50. The third-order valence-electron chi connectivity index (χ3n) is 6.49. The maximum absolute atomic E-state index is 13.0. The fourth-order valence-corrected chi connectivity index (χ4v) is 4.72. The van der Waals surface area contributed by atoms with Crippen LogP contribution in [0.1, 0.15) is 55.2 Å². The third-order valence-corrected chi connectivity index (χ3v) is 6.49. The number of amides is 1. The standard InChI is InChI=1S/C24H29N5O/c30-23(20-9-5-15-26-20)29-24(21-16-27-22(28-21)19-8-4-14-25-19)12-10-18(11-13-24)17-6-2-1-3-7-17/h1-3,6-7,10-12,16,19-20,25-26H,4-5,8-9,13-15H2,(H,27,28)(H,29,30). The molecule has 4 N–H and O–H groups in total. The molecule has 3 unspecified atom stereocenters. The zero-order valence-corrected chi connectivity index (χ0v) is 17.2. The molecule has 5 rings (SSSR count). The van der Waals surface area contributed by atoms with Gasteiger partial charge in [0.05, 0.1) is 24.0 Å². The van der Waals surface area contributed by atoms with Gasteiger partial charge in [0.1, 0.15) is 11.4 Å². The van der Waals surface area contributed by atoms with Gasteiger partial charge in [-0.15, -0.1) is 0 Å². The molecular weight excluding hydrogens is 374 g/mol. The van der Waals surface area contributed by atoms with Crippen LogP contribution >= 0.6 is 0 Å². The smallest absolute Gasteiger partial charge is 0.238 e. The van der Waals surface area contributed by atoms with E-state index in [1.165, 1.54) is 17.6 Å². The summed E-state index contributed by atoms with van der Waals surface area (Å²) in [5.41, 5.74) is 2.70. The maximum atomic E-state index is 13.0. The average Bonchev–Trinajstić information content (AvgIpc) is 3.57. The molecule has 30 heavy (non-hydrogen) atoms. The number of allylic oxidation sites excluding steroid dienone is 2. The molecule has 3 heterocycles. The van der Waals surface area contributed by atoms with Gasteiger partial charge in [-0.1, -0.05) is 48.6 Å². The summed E-state index contributed by atoms with van der Waals surface area (Å²) in [6.07, 6.45) is 13.2. The largest absolute Gasteiger partial charge is 0.342 e. The fraction of sp³-hybridized carbons (Fsp3) is 0.417. The lowest BCUT2D eigenvalue weighted by molar-refractivity contribution is -0.124. The van der Waals surface area contributed by atoms with Gasteiger partial charge >= 0.3 is 0 Å². The van der Waals surface area contributed by atoms with Crippen molar-refractivity contribution in [2.45, 2.75) is 49.7 Å². The lowest BCUT2D eigenvalue weighted by Crippen LogP contribution is -2.51. The second-order valence-corrected chi connectivity index (χ2v) is 8.50. The molecule has 2 aliphatic heterocycles. The van der Waals surface area contributed by atoms with E-state index in [4.69, 9.17) is 0 Å². The molecule has 2 saturated heterocycles. The first-order chi connectivity index (χ1) is 14.7. The van der Waals surface area contributed by atoms with E-state index in [-0.39, 0.29) is 18.0 Å². The Morgan fingerprint density at radius 3 is 2.63 bits per heavy atom. The van der Waals surface area contributed by atoms with Crippen LogP contribution < -0.4 is 16.0 Å². The van der Waals surface area contributed by atoms with E-state index in [2.05, 4.69) is 68.4 Å². The highest BCUT2D eigenvalue weighted by atomic mass is 16.2. The SMILES string of the molecule is O=C(NC1(c2cnc(C3CCCN3)[nH]2)C=CC(c2ccccc2)=CC1)C1CCCN1. The van der Waals surface area contributed by atoms with Crippen LogP contribution in [0.3, 0.4) is 0 Å². The number of nitrogens with one attached hydrogen (secondary N) is 4. The molecule has 2 fully saturated rings. The molecule has 6 nitrogen and oxygen atoms in total. The van der Waals surface area contributed by atoms with Crippen molar-refractivity contribution >= 4 is 11.5 Å². The highest BCUT2D eigenvalue weighted by Gasteiger charge is 2.37. The number of nitrogens with zero attached hydrogens (tertiary/aromatic N) is 1. The predicted octanol–water partition coefficient (Wildman–Crippen LogP) is 2.94. The van der Waals surface area contributed by atoms with Gasteiger partial charge in [0.25, 0.3) is 0 Å². The van der Waals surface area contributed by atoms with Crippen LogP contribution in [0.25, 0.3) is 5.57 Å². The van der Waals surface area contributed by atoms with E-state index < -0.39 is 5.54 Å². The van der Waals surface area contributed by atoms with Crippen LogP contribution in [0.5, 0.6) is 0 Å². The minimum Gasteiger partial charge on any atom is -0.342 e. The second kappa shape index (κ2) is 8.20. The number of H-pyrrole nitrogens is 1. The van der Waals surface area contributed by atoms with E-state index in [0.717, 1.165) is 43.9 Å². The van der Waals surface area contributed by atoms with E-state index >= 15 is 0 Å². The van der Waals surface area contributed by atoms with E-state index in [1.807, 2.05) is 12.3 Å². The number of carbonyl (C=O) groups excluding carboxylic acids is 1. The first-order valence-corrected chi connectivity index (χ1v) is 11.0. The molecular formula is C24H29N5O. The summed E-state index contributed by atoms with van der Waals surface area (Å²) in [5.74, 6) is 1.02. The molecule has 1 aliphatic carbocycles. The van der Waals surface area contributed by atoms with Crippen LogP contribution in [0.15, 0.2) is 54.8 Å². The molecule has 1 aromatic heterocycles. The van der Waals surface area contributed by atoms with Gasteiger partial charge in [-0.2, -0.15) is 0 Å². The van der Waals surface area contributed by atoms with Crippen LogP contribution in [0.2, 0.25) is 0 Å². The Morgan fingerprint density at radius 2 is 1.93 bits per heavy atom. The summed E-state index contributed by atoms with van der Waals surface area (Å²) >= 11 is 0. The first-order valence-electron chi connectivity index (χ1n) is 11.0. The fourth-order valence-electron chi connectivity index (χ4n) is 4.72. The molecule has 2 aromatic rings. The number of rotatable bonds is 5. The molecule has 0 bridgehead atoms. The molecule has 156 valence electrons. The third kappa shape index (κ3) is 3.73. The molecule has 3 atom stereocenters. The minimum absolute atomic E-state index is 0.0591. The van der Waals surface area contributed by atoms with E-state index in [1.54, 1.807) is 0 Å². The predicted molar refractivity (Wildman–Crippen MR) is 118 cm³/mol. The van der Waals surface area contributed by atoms with Crippen molar-refractivity contribution in [1.29, 1.82) is 0 Å². The lowest BCUT2D eigenvalue weighted by Gasteiger charge is -2.33. The normalized spacial score (nSPS) is 28.5. The number of benzene rings is 1. The quantitative estimate of drug-likeness (QED) is 0.619. The molecule has 3 aliphatic rings. The Balaban J connectivity index is 1.43. The molecule has 0 spiro atoms. The van der Waals surface area contributed by atoms with Crippen molar-refractivity contribution in [1.82, 2.24) is 25.9 Å². The number of hydrogen-bond donors (Lipinski definition) is 4. The number of aromatic nitrogens is 2. The Bertz CT molecular complexity index is 951. The summed E-state index contributed by atoms with van der Waals surface area (Å²) in [4.78, 5) is 21.2. The summed E-state index contributed by atoms with van der Waals surface area (Å²) < 4.78 is 0. The Hall–Kier alpha value is -2.70. The molecule has 0 saturated carbocycles. The van der Waals surface area contributed by atoms with Crippen molar-refractivity contribution in [2.75, 3.05) is 13.1 Å². The Labute approximate surface area is 177 Å². The van der Waals surface area contributed by atoms with Crippen molar-refractivity contribution in [3.63, 3.8) is 0 Å². The van der Waals surface area contributed by atoms with Crippen molar-refractivity contribution in [2.24, 2.45) is 0 Å². The van der Waals surface area contributed by atoms with Gasteiger partial charge in [-0.05, 0) is 56.3 Å². The number of imidazole rings is 1. The Morgan fingerprint density at radius 1 is 1.10 bits per heavy atom. The van der Waals surface area contributed by atoms with E-state index in [9.17, 15) is 4.79 Å². The summed E-state index contributed by atoms with van der Waals surface area (Å²) in [6.45, 7) is 1.93. The summed E-state index contributed by atoms with van der Waals surface area (Å²) in [7, 11) is 0. The Kier molecular flexibility index (Phi) is 5.27. The maximum Gasteiger partial charge on any atom is 0.238 e. The summed E-state index contributed by atoms with van der Waals surface area (Å²) in [5, 5.41) is 10.1. The van der Waals surface area contributed by atoms with Crippen molar-refractivity contribution < 1.29 is 4.79 Å². The molecule has 1 aromatic carbocycles. The van der Waals surface area contributed by atoms with Crippen molar-refractivity contribution in [3.05, 3.63) is 71.8 Å². The monoisotopic (exact) mass is 403 g/mol. The highest BCUT2D eigenvalue weighted by Crippen LogP contribution is 2.35.